The monoisotopic (exact) mass is 255 g/mol. The third-order valence-corrected chi connectivity index (χ3v) is 3.11. The van der Waals surface area contributed by atoms with Gasteiger partial charge in [-0.3, -0.25) is 4.79 Å². The van der Waals surface area contributed by atoms with Crippen LogP contribution in [-0.2, 0) is 9.53 Å². The molecule has 2 atom stereocenters. The summed E-state index contributed by atoms with van der Waals surface area (Å²) in [6.45, 7) is 2.62. The Morgan fingerprint density at radius 1 is 1.65 bits per heavy atom. The van der Waals surface area contributed by atoms with Crippen molar-refractivity contribution in [1.29, 1.82) is 0 Å². The number of hydrogen-bond acceptors (Lipinski definition) is 4. The number of halogens is 1. The summed E-state index contributed by atoms with van der Waals surface area (Å²) in [5.74, 6) is -0.501. The summed E-state index contributed by atoms with van der Waals surface area (Å²) in [6.07, 6.45) is 1.59. The van der Waals surface area contributed by atoms with Crippen LogP contribution < -0.4 is 11.1 Å². The normalized spacial score (nSPS) is 23.7. The zero-order chi connectivity index (χ0) is 12.4. The minimum Gasteiger partial charge on any atom is -0.379 e. The van der Waals surface area contributed by atoms with E-state index in [2.05, 4.69) is 10.3 Å². The zero-order valence-electron chi connectivity index (χ0n) is 9.44. The van der Waals surface area contributed by atoms with Crippen LogP contribution in [-0.4, -0.2) is 30.1 Å². The summed E-state index contributed by atoms with van der Waals surface area (Å²) in [7, 11) is 0. The molecule has 92 valence electrons. The van der Waals surface area contributed by atoms with Crippen molar-refractivity contribution >= 4 is 23.2 Å². The topological polar surface area (TPSA) is 77.2 Å². The van der Waals surface area contributed by atoms with E-state index in [-0.39, 0.29) is 23.0 Å². The van der Waals surface area contributed by atoms with Crippen molar-refractivity contribution in [3.8, 4) is 0 Å². The van der Waals surface area contributed by atoms with Crippen LogP contribution in [0.2, 0.25) is 5.15 Å². The third-order valence-electron chi connectivity index (χ3n) is 2.82. The van der Waals surface area contributed by atoms with Gasteiger partial charge in [-0.2, -0.15) is 0 Å². The molecule has 1 aliphatic heterocycles. The molecule has 0 spiro atoms. The number of nitrogens with zero attached hydrogens (tertiary/aromatic N) is 1. The van der Waals surface area contributed by atoms with Crippen molar-refractivity contribution in [2.45, 2.75) is 13.0 Å². The number of rotatable bonds is 2. The second kappa shape index (κ2) is 5.00. The van der Waals surface area contributed by atoms with E-state index < -0.39 is 0 Å². The van der Waals surface area contributed by atoms with E-state index in [0.29, 0.717) is 18.9 Å². The number of anilines is 1. The quantitative estimate of drug-likeness (QED) is 0.772. The summed E-state index contributed by atoms with van der Waals surface area (Å²) in [5, 5.41) is 3.04. The number of aromatic nitrogens is 1. The highest BCUT2D eigenvalue weighted by Crippen LogP contribution is 2.24. The molecular formula is C11H14ClN3O2. The van der Waals surface area contributed by atoms with Crippen molar-refractivity contribution in [3.63, 3.8) is 0 Å². The van der Waals surface area contributed by atoms with Crippen LogP contribution in [0.1, 0.15) is 5.56 Å². The summed E-state index contributed by atoms with van der Waals surface area (Å²) in [5.41, 5.74) is 7.18. The Morgan fingerprint density at radius 3 is 3.00 bits per heavy atom. The fourth-order valence-corrected chi connectivity index (χ4v) is 1.98. The van der Waals surface area contributed by atoms with E-state index >= 15 is 0 Å². The highest BCUT2D eigenvalue weighted by molar-refractivity contribution is 6.32. The molecule has 6 heteroatoms. The molecule has 0 radical (unpaired) electrons. The summed E-state index contributed by atoms with van der Waals surface area (Å²) < 4.78 is 5.15. The van der Waals surface area contributed by atoms with E-state index in [4.69, 9.17) is 22.1 Å². The minimum absolute atomic E-state index is 0.173. The molecule has 0 bridgehead atoms. The van der Waals surface area contributed by atoms with Crippen molar-refractivity contribution < 1.29 is 9.53 Å². The zero-order valence-corrected chi connectivity index (χ0v) is 10.2. The lowest BCUT2D eigenvalue weighted by atomic mass is 10.0. The van der Waals surface area contributed by atoms with E-state index in [9.17, 15) is 4.79 Å². The van der Waals surface area contributed by atoms with Crippen LogP contribution in [0.4, 0.5) is 5.69 Å². The fraction of sp³-hybridized carbons (Fsp3) is 0.455. The van der Waals surface area contributed by atoms with Gasteiger partial charge in [0.05, 0.1) is 24.8 Å². The van der Waals surface area contributed by atoms with E-state index in [1.165, 1.54) is 0 Å². The van der Waals surface area contributed by atoms with Gasteiger partial charge in [0.2, 0.25) is 5.91 Å². The first kappa shape index (κ1) is 12.3. The molecule has 3 N–H and O–H groups in total. The molecule has 2 unspecified atom stereocenters. The Morgan fingerprint density at radius 2 is 2.41 bits per heavy atom. The van der Waals surface area contributed by atoms with Crippen molar-refractivity contribution in [1.82, 2.24) is 4.98 Å². The number of nitrogens with one attached hydrogen (secondary N) is 1. The van der Waals surface area contributed by atoms with Crippen molar-refractivity contribution in [2.24, 2.45) is 11.7 Å². The van der Waals surface area contributed by atoms with E-state index in [0.717, 1.165) is 5.56 Å². The van der Waals surface area contributed by atoms with Gasteiger partial charge in [-0.05, 0) is 18.6 Å². The van der Waals surface area contributed by atoms with Crippen LogP contribution in [0.15, 0.2) is 12.3 Å². The Kier molecular flexibility index (Phi) is 3.61. The molecule has 1 saturated heterocycles. The molecule has 0 saturated carbocycles. The molecule has 0 aromatic carbocycles. The number of ether oxygens (including phenoxy) is 1. The third kappa shape index (κ3) is 2.57. The van der Waals surface area contributed by atoms with Crippen LogP contribution in [0.5, 0.6) is 0 Å². The van der Waals surface area contributed by atoms with Crippen molar-refractivity contribution in [3.05, 3.63) is 23.0 Å². The van der Waals surface area contributed by atoms with Crippen LogP contribution in [0, 0.1) is 12.8 Å². The first-order valence-electron chi connectivity index (χ1n) is 5.35. The first-order valence-corrected chi connectivity index (χ1v) is 5.72. The Labute approximate surface area is 104 Å². The maximum absolute atomic E-state index is 12.0. The predicted octanol–water partition coefficient (Wildman–Crippen LogP) is 0.956. The van der Waals surface area contributed by atoms with Gasteiger partial charge in [0.1, 0.15) is 0 Å². The lowest BCUT2D eigenvalue weighted by molar-refractivity contribution is -0.120. The molecule has 1 aliphatic rings. The number of aryl methyl sites for hydroxylation is 1. The number of pyridine rings is 1. The maximum Gasteiger partial charge on any atom is 0.231 e. The van der Waals surface area contributed by atoms with Gasteiger partial charge < -0.3 is 15.8 Å². The van der Waals surface area contributed by atoms with Gasteiger partial charge in [0.15, 0.2) is 5.15 Å². The molecule has 1 aromatic heterocycles. The van der Waals surface area contributed by atoms with E-state index in [1.807, 2.05) is 6.92 Å². The molecule has 2 rings (SSSR count). The maximum atomic E-state index is 12.0. The number of amides is 1. The first-order chi connectivity index (χ1) is 8.09. The Hall–Kier alpha value is -1.17. The second-order valence-electron chi connectivity index (χ2n) is 4.09. The lowest BCUT2D eigenvalue weighted by Gasteiger charge is -2.15. The average molecular weight is 256 g/mol. The van der Waals surface area contributed by atoms with Gasteiger partial charge in [0.25, 0.3) is 0 Å². The Bertz CT molecular complexity index is 418. The number of nitrogens with two attached hydrogens (primary N) is 1. The molecule has 1 aromatic rings. The summed E-state index contributed by atoms with van der Waals surface area (Å²) >= 11 is 5.93. The highest BCUT2D eigenvalue weighted by atomic mass is 35.5. The van der Waals surface area contributed by atoms with Crippen LogP contribution in [0.25, 0.3) is 0 Å². The Balaban J connectivity index is 2.13. The number of carbonyl (C=O) groups is 1. The summed E-state index contributed by atoms with van der Waals surface area (Å²) in [4.78, 5) is 15.9. The molecule has 1 fully saturated rings. The van der Waals surface area contributed by atoms with Crippen LogP contribution in [0.3, 0.4) is 0 Å². The SMILES string of the molecule is Cc1ccnc(Cl)c1NC(=O)C1COCC1N. The second-order valence-corrected chi connectivity index (χ2v) is 4.45. The van der Waals surface area contributed by atoms with Gasteiger partial charge in [0, 0.05) is 12.2 Å². The van der Waals surface area contributed by atoms with Gasteiger partial charge in [-0.15, -0.1) is 0 Å². The molecule has 2 heterocycles. The molecule has 5 nitrogen and oxygen atoms in total. The standard InChI is InChI=1S/C11H14ClN3O2/c1-6-2-3-14-10(12)9(6)15-11(16)7-4-17-5-8(7)13/h2-3,7-8H,4-5,13H2,1H3,(H,15,16). The van der Waals surface area contributed by atoms with Gasteiger partial charge >= 0.3 is 0 Å². The van der Waals surface area contributed by atoms with Crippen molar-refractivity contribution in [2.75, 3.05) is 18.5 Å². The summed E-state index contributed by atoms with van der Waals surface area (Å²) in [6, 6.07) is 1.53. The highest BCUT2D eigenvalue weighted by Gasteiger charge is 2.31. The predicted molar refractivity (Wildman–Crippen MR) is 64.9 cm³/mol. The lowest BCUT2D eigenvalue weighted by Crippen LogP contribution is -2.37. The largest absolute Gasteiger partial charge is 0.379 e. The minimum atomic E-state index is -0.328. The molecule has 1 amide bonds. The number of carbonyl (C=O) groups excluding carboxylic acids is 1. The molecule has 0 aliphatic carbocycles. The fourth-order valence-electron chi connectivity index (χ4n) is 1.73. The van der Waals surface area contributed by atoms with Gasteiger partial charge in [-0.25, -0.2) is 4.98 Å². The number of hydrogen-bond donors (Lipinski definition) is 2. The van der Waals surface area contributed by atoms with E-state index in [1.54, 1.807) is 12.3 Å². The van der Waals surface area contributed by atoms with Gasteiger partial charge in [-0.1, -0.05) is 11.6 Å². The van der Waals surface area contributed by atoms with Crippen LogP contribution >= 0.6 is 11.6 Å². The molecule has 17 heavy (non-hydrogen) atoms. The average Bonchev–Trinajstić information content (AvgIpc) is 2.70. The smallest absolute Gasteiger partial charge is 0.231 e. The molecular weight excluding hydrogens is 242 g/mol.